The van der Waals surface area contributed by atoms with E-state index in [1.54, 1.807) is 11.8 Å². The Morgan fingerprint density at radius 2 is 1.67 bits per heavy atom. The van der Waals surface area contributed by atoms with Crippen molar-refractivity contribution < 1.29 is 29.0 Å². The van der Waals surface area contributed by atoms with Gasteiger partial charge in [0.25, 0.3) is 0 Å². The van der Waals surface area contributed by atoms with Crippen LogP contribution in [0.3, 0.4) is 0 Å². The minimum atomic E-state index is -1.05. The molecule has 0 unspecified atom stereocenters. The lowest BCUT2D eigenvalue weighted by molar-refractivity contribution is -0.174. The number of carboxylic acid groups (broad SMARTS) is 1. The van der Waals surface area contributed by atoms with Crippen LogP contribution in [0.25, 0.3) is 11.1 Å². The zero-order chi connectivity index (χ0) is 23.6. The summed E-state index contributed by atoms with van der Waals surface area (Å²) in [6.07, 6.45) is -0.228. The molecule has 174 valence electrons. The summed E-state index contributed by atoms with van der Waals surface area (Å²) in [6.45, 7) is 3.90. The Balaban J connectivity index is 1.32. The molecule has 2 aliphatic rings. The molecule has 1 aliphatic carbocycles. The van der Waals surface area contributed by atoms with E-state index in [1.807, 2.05) is 43.3 Å². The van der Waals surface area contributed by atoms with Gasteiger partial charge in [0.1, 0.15) is 24.9 Å². The average Bonchev–Trinajstić information content (AvgIpc) is 3.11. The fraction of sp³-hybridized carbons (Fsp3) is 0.400. The van der Waals surface area contributed by atoms with Gasteiger partial charge in [-0.1, -0.05) is 55.5 Å². The normalized spacial score (nSPS) is 16.8. The molecule has 0 aromatic heterocycles. The van der Waals surface area contributed by atoms with Crippen LogP contribution in [-0.2, 0) is 19.1 Å². The molecule has 1 heterocycles. The summed E-state index contributed by atoms with van der Waals surface area (Å²) >= 11 is 0. The van der Waals surface area contributed by atoms with Crippen LogP contribution in [0.5, 0.6) is 0 Å². The Kier molecular flexibility index (Phi) is 6.37. The zero-order valence-corrected chi connectivity index (χ0v) is 18.7. The summed E-state index contributed by atoms with van der Waals surface area (Å²) in [5.41, 5.74) is 3.85. The molecule has 1 fully saturated rings. The summed E-state index contributed by atoms with van der Waals surface area (Å²) in [7, 11) is 0. The molecule has 0 bridgehead atoms. The second kappa shape index (κ2) is 9.23. The molecule has 2 aromatic carbocycles. The molecule has 2 N–H and O–H groups in total. The number of carbonyl (C=O) groups excluding carboxylic acids is 2. The van der Waals surface area contributed by atoms with Gasteiger partial charge in [-0.3, -0.25) is 4.79 Å². The van der Waals surface area contributed by atoms with Crippen molar-refractivity contribution in [3.63, 3.8) is 0 Å². The van der Waals surface area contributed by atoms with Gasteiger partial charge in [-0.2, -0.15) is 0 Å². The molecule has 0 saturated carbocycles. The molecular weight excluding hydrogens is 424 g/mol. The number of nitrogens with zero attached hydrogens (tertiary/aromatic N) is 1. The van der Waals surface area contributed by atoms with Crippen molar-refractivity contribution in [2.75, 3.05) is 26.3 Å². The molecule has 1 aliphatic heterocycles. The quantitative estimate of drug-likeness (QED) is 0.638. The van der Waals surface area contributed by atoms with Gasteiger partial charge in [0.2, 0.25) is 5.91 Å². The van der Waals surface area contributed by atoms with Crippen molar-refractivity contribution in [3.05, 3.63) is 59.7 Å². The predicted molar refractivity (Wildman–Crippen MR) is 121 cm³/mol. The first kappa shape index (κ1) is 22.8. The number of alkyl carbamates (subject to hydrolysis) is 1. The summed E-state index contributed by atoms with van der Waals surface area (Å²) in [5, 5.41) is 11.4. The van der Waals surface area contributed by atoms with E-state index in [1.165, 1.54) is 0 Å². The first-order valence-electron chi connectivity index (χ1n) is 11.1. The fourth-order valence-corrected chi connectivity index (χ4v) is 4.59. The van der Waals surface area contributed by atoms with E-state index in [0.717, 1.165) is 22.3 Å². The number of carboxylic acids is 1. The number of amides is 2. The van der Waals surface area contributed by atoms with Gasteiger partial charge in [0, 0.05) is 5.92 Å². The smallest absolute Gasteiger partial charge is 0.407 e. The number of likely N-dealkylation sites (tertiary alicyclic amines) is 1. The molecular formula is C25H28N2O6. The van der Waals surface area contributed by atoms with E-state index < -0.39 is 30.3 Å². The maximum Gasteiger partial charge on any atom is 0.407 e. The Morgan fingerprint density at radius 3 is 2.21 bits per heavy atom. The molecule has 8 nitrogen and oxygen atoms in total. The molecule has 1 atom stereocenters. The second-order valence-corrected chi connectivity index (χ2v) is 8.76. The summed E-state index contributed by atoms with van der Waals surface area (Å²) in [5.74, 6) is -1.34. The highest BCUT2D eigenvalue weighted by Gasteiger charge is 2.44. The third kappa shape index (κ3) is 4.71. The van der Waals surface area contributed by atoms with Crippen molar-refractivity contribution in [2.24, 2.45) is 0 Å². The van der Waals surface area contributed by atoms with Crippen LogP contribution in [0.2, 0.25) is 0 Å². The monoisotopic (exact) mass is 452 g/mol. The van der Waals surface area contributed by atoms with Crippen LogP contribution >= 0.6 is 0 Å². The van der Waals surface area contributed by atoms with Crippen LogP contribution in [0.15, 0.2) is 48.5 Å². The Labute approximate surface area is 192 Å². The summed E-state index contributed by atoms with van der Waals surface area (Å²) < 4.78 is 10.9. The largest absolute Gasteiger partial charge is 0.480 e. The van der Waals surface area contributed by atoms with Gasteiger partial charge in [-0.05, 0) is 35.6 Å². The Morgan fingerprint density at radius 1 is 1.09 bits per heavy atom. The topological polar surface area (TPSA) is 105 Å². The highest BCUT2D eigenvalue weighted by atomic mass is 16.5. The molecule has 8 heteroatoms. The number of aliphatic carboxylic acids is 1. The summed E-state index contributed by atoms with van der Waals surface area (Å²) in [4.78, 5) is 37.6. The molecule has 0 spiro atoms. The van der Waals surface area contributed by atoms with Gasteiger partial charge in [0.05, 0.1) is 13.1 Å². The number of rotatable bonds is 8. The van der Waals surface area contributed by atoms with Crippen molar-refractivity contribution >= 4 is 18.0 Å². The highest BCUT2D eigenvalue weighted by Crippen LogP contribution is 2.44. The maximum absolute atomic E-state index is 12.8. The fourth-order valence-electron chi connectivity index (χ4n) is 4.59. The third-order valence-electron chi connectivity index (χ3n) is 6.25. The van der Waals surface area contributed by atoms with Crippen LogP contribution in [-0.4, -0.2) is 65.9 Å². The van der Waals surface area contributed by atoms with Crippen molar-refractivity contribution in [1.82, 2.24) is 10.2 Å². The van der Waals surface area contributed by atoms with Crippen molar-refractivity contribution in [3.8, 4) is 11.1 Å². The minimum absolute atomic E-state index is 0.0543. The van der Waals surface area contributed by atoms with Crippen LogP contribution < -0.4 is 5.32 Å². The molecule has 2 amide bonds. The van der Waals surface area contributed by atoms with Gasteiger partial charge < -0.3 is 24.8 Å². The van der Waals surface area contributed by atoms with E-state index in [9.17, 15) is 14.4 Å². The standard InChI is InChI=1S/C25H28N2O6/c1-3-21(23(30)27-14-25(2,15-27)33-13-22(28)29)26-24(31)32-12-20-18-10-6-4-8-16(18)17-9-5-7-11-19(17)20/h4-11,20-21H,3,12-15H2,1-2H3,(H,26,31)(H,28,29)/t21-/m0/s1. The summed E-state index contributed by atoms with van der Waals surface area (Å²) in [6, 6.07) is 15.5. The van der Waals surface area contributed by atoms with Crippen molar-refractivity contribution in [1.29, 1.82) is 0 Å². The third-order valence-corrected chi connectivity index (χ3v) is 6.25. The molecule has 4 rings (SSSR count). The number of carbonyl (C=O) groups is 3. The maximum atomic E-state index is 12.8. The van der Waals surface area contributed by atoms with Crippen LogP contribution in [0, 0.1) is 0 Å². The number of fused-ring (bicyclic) bond motifs is 3. The van der Waals surface area contributed by atoms with E-state index in [0.29, 0.717) is 6.42 Å². The van der Waals surface area contributed by atoms with Gasteiger partial charge in [-0.15, -0.1) is 0 Å². The van der Waals surface area contributed by atoms with E-state index in [4.69, 9.17) is 14.6 Å². The SMILES string of the molecule is CC[C@H](NC(=O)OCC1c2ccccc2-c2ccccc21)C(=O)N1CC(C)(OCC(=O)O)C1. The Bertz CT molecular complexity index is 1020. The molecule has 1 saturated heterocycles. The lowest BCUT2D eigenvalue weighted by Gasteiger charge is -2.48. The lowest BCUT2D eigenvalue weighted by atomic mass is 9.95. The van der Waals surface area contributed by atoms with E-state index in [-0.39, 0.29) is 31.5 Å². The molecule has 2 aromatic rings. The van der Waals surface area contributed by atoms with Gasteiger partial charge in [0.15, 0.2) is 0 Å². The number of ether oxygens (including phenoxy) is 2. The zero-order valence-electron chi connectivity index (χ0n) is 18.7. The first-order valence-corrected chi connectivity index (χ1v) is 11.1. The van der Waals surface area contributed by atoms with Gasteiger partial charge >= 0.3 is 12.1 Å². The first-order chi connectivity index (χ1) is 15.8. The Hall–Kier alpha value is -3.39. The number of hydrogen-bond donors (Lipinski definition) is 2. The predicted octanol–water partition coefficient (Wildman–Crippen LogP) is 3.01. The molecule has 33 heavy (non-hydrogen) atoms. The van der Waals surface area contributed by atoms with E-state index >= 15 is 0 Å². The number of nitrogens with one attached hydrogen (secondary N) is 1. The van der Waals surface area contributed by atoms with Crippen molar-refractivity contribution in [2.45, 2.75) is 37.8 Å². The van der Waals surface area contributed by atoms with Gasteiger partial charge in [-0.25, -0.2) is 9.59 Å². The lowest BCUT2D eigenvalue weighted by Crippen LogP contribution is -2.66. The average molecular weight is 453 g/mol. The second-order valence-electron chi connectivity index (χ2n) is 8.76. The number of hydrogen-bond acceptors (Lipinski definition) is 5. The highest BCUT2D eigenvalue weighted by molar-refractivity contribution is 5.86. The van der Waals surface area contributed by atoms with E-state index in [2.05, 4.69) is 17.4 Å². The van der Waals surface area contributed by atoms with Crippen LogP contribution in [0.4, 0.5) is 4.79 Å². The molecule has 0 radical (unpaired) electrons. The van der Waals surface area contributed by atoms with Crippen LogP contribution in [0.1, 0.15) is 37.3 Å². The minimum Gasteiger partial charge on any atom is -0.480 e. The number of benzene rings is 2.